The highest BCUT2D eigenvalue weighted by Gasteiger charge is 2.17. The van der Waals surface area contributed by atoms with Gasteiger partial charge in [-0.3, -0.25) is 14.8 Å². The molecule has 1 aromatic rings. The summed E-state index contributed by atoms with van der Waals surface area (Å²) in [5.74, 6) is 0. The quantitative estimate of drug-likeness (QED) is 0.767. The Balaban J connectivity index is 1.79. The van der Waals surface area contributed by atoms with E-state index in [9.17, 15) is 0 Å². The van der Waals surface area contributed by atoms with Crippen molar-refractivity contribution >= 4 is 0 Å². The van der Waals surface area contributed by atoms with Crippen molar-refractivity contribution < 1.29 is 4.84 Å². The topological polar surface area (TPSA) is 47.0 Å². The van der Waals surface area contributed by atoms with Crippen LogP contribution in [0.1, 0.15) is 44.3 Å². The molecule has 1 aliphatic rings. The molecule has 1 fully saturated rings. The maximum absolute atomic E-state index is 5.60. The van der Waals surface area contributed by atoms with Gasteiger partial charge in [-0.05, 0) is 19.8 Å². The van der Waals surface area contributed by atoms with Crippen LogP contribution < -0.4 is 5.48 Å². The molecule has 0 spiro atoms. The second-order valence-electron chi connectivity index (χ2n) is 3.99. The molecule has 82 valence electrons. The van der Waals surface area contributed by atoms with Crippen LogP contribution in [0, 0.1) is 0 Å². The van der Waals surface area contributed by atoms with Crippen LogP contribution in [-0.4, -0.2) is 16.1 Å². The Hall–Kier alpha value is -1.00. The van der Waals surface area contributed by atoms with Gasteiger partial charge in [-0.25, -0.2) is 0 Å². The minimum atomic E-state index is 0.0966. The molecule has 0 radical (unpaired) electrons. The first-order valence-corrected chi connectivity index (χ1v) is 5.53. The summed E-state index contributed by atoms with van der Waals surface area (Å²) in [6, 6.07) is 0.0966. The zero-order chi connectivity index (χ0) is 10.5. The number of nitrogens with zero attached hydrogens (tertiary/aromatic N) is 2. The molecule has 1 unspecified atom stereocenters. The van der Waals surface area contributed by atoms with E-state index in [4.69, 9.17) is 4.84 Å². The minimum Gasteiger partial charge on any atom is -0.298 e. The fraction of sp³-hybridized carbons (Fsp3) is 0.636. The van der Waals surface area contributed by atoms with Crippen molar-refractivity contribution in [1.82, 2.24) is 15.4 Å². The van der Waals surface area contributed by atoms with Crippen LogP contribution in [0.4, 0.5) is 0 Å². The molecule has 4 nitrogen and oxygen atoms in total. The standard InChI is InChI=1S/C11H17N3O/c1-9(11-8-12-6-7-13-11)14-15-10-4-2-3-5-10/h6-10,14H,2-5H2,1H3. The fourth-order valence-corrected chi connectivity index (χ4v) is 1.80. The molecule has 1 aliphatic carbocycles. The van der Waals surface area contributed by atoms with Crippen LogP contribution in [0.5, 0.6) is 0 Å². The Kier molecular flexibility index (Phi) is 3.64. The Labute approximate surface area is 90.0 Å². The van der Waals surface area contributed by atoms with Crippen molar-refractivity contribution in [1.29, 1.82) is 0 Å². The predicted octanol–water partition coefficient (Wildman–Crippen LogP) is 2.00. The van der Waals surface area contributed by atoms with Crippen LogP contribution in [0.25, 0.3) is 0 Å². The first-order chi connectivity index (χ1) is 7.36. The molecule has 2 rings (SSSR count). The zero-order valence-electron chi connectivity index (χ0n) is 9.02. The number of hydrogen-bond acceptors (Lipinski definition) is 4. The van der Waals surface area contributed by atoms with E-state index < -0.39 is 0 Å². The summed E-state index contributed by atoms with van der Waals surface area (Å²) in [7, 11) is 0. The normalized spacial score (nSPS) is 19.3. The second-order valence-corrected chi connectivity index (χ2v) is 3.99. The van der Waals surface area contributed by atoms with Gasteiger partial charge in [0.25, 0.3) is 0 Å². The van der Waals surface area contributed by atoms with Crippen molar-refractivity contribution in [2.45, 2.75) is 44.8 Å². The SMILES string of the molecule is CC(NOC1CCCC1)c1cnccn1. The van der Waals surface area contributed by atoms with Gasteiger partial charge in [0.1, 0.15) is 0 Å². The molecule has 1 atom stereocenters. The van der Waals surface area contributed by atoms with Gasteiger partial charge in [0.15, 0.2) is 0 Å². The van der Waals surface area contributed by atoms with Crippen LogP contribution in [0.2, 0.25) is 0 Å². The number of rotatable bonds is 4. The Morgan fingerprint density at radius 1 is 1.40 bits per heavy atom. The van der Waals surface area contributed by atoms with E-state index in [1.807, 2.05) is 6.92 Å². The van der Waals surface area contributed by atoms with E-state index in [2.05, 4.69) is 15.4 Å². The molecule has 0 amide bonds. The van der Waals surface area contributed by atoms with Gasteiger partial charge in [0.2, 0.25) is 0 Å². The average molecular weight is 207 g/mol. The summed E-state index contributed by atoms with van der Waals surface area (Å²) >= 11 is 0. The summed E-state index contributed by atoms with van der Waals surface area (Å²) in [6.45, 7) is 2.03. The molecule has 0 bridgehead atoms. The third-order valence-electron chi connectivity index (χ3n) is 2.74. The van der Waals surface area contributed by atoms with Gasteiger partial charge in [-0.1, -0.05) is 12.8 Å². The first-order valence-electron chi connectivity index (χ1n) is 5.53. The Bertz CT molecular complexity index is 285. The molecule has 15 heavy (non-hydrogen) atoms. The van der Waals surface area contributed by atoms with Gasteiger partial charge < -0.3 is 0 Å². The molecule has 1 heterocycles. The molecule has 0 aliphatic heterocycles. The third kappa shape index (κ3) is 2.97. The Morgan fingerprint density at radius 3 is 2.87 bits per heavy atom. The van der Waals surface area contributed by atoms with Crippen molar-refractivity contribution in [3.8, 4) is 0 Å². The lowest BCUT2D eigenvalue weighted by Crippen LogP contribution is -2.25. The summed E-state index contributed by atoms with van der Waals surface area (Å²) in [6.07, 6.45) is 10.4. The van der Waals surface area contributed by atoms with Crippen LogP contribution in [0.15, 0.2) is 18.6 Å². The molecule has 4 heteroatoms. The lowest BCUT2D eigenvalue weighted by Gasteiger charge is -2.16. The van der Waals surface area contributed by atoms with E-state index in [0.29, 0.717) is 6.10 Å². The average Bonchev–Trinajstić information content (AvgIpc) is 2.80. The van der Waals surface area contributed by atoms with Gasteiger partial charge in [0, 0.05) is 12.4 Å². The lowest BCUT2D eigenvalue weighted by molar-refractivity contribution is -0.0383. The maximum Gasteiger partial charge on any atom is 0.0790 e. The highest BCUT2D eigenvalue weighted by Crippen LogP contribution is 2.20. The van der Waals surface area contributed by atoms with Crippen molar-refractivity contribution in [2.75, 3.05) is 0 Å². The van der Waals surface area contributed by atoms with E-state index in [-0.39, 0.29) is 6.04 Å². The summed E-state index contributed by atoms with van der Waals surface area (Å²) in [4.78, 5) is 13.8. The molecule has 0 aromatic carbocycles. The van der Waals surface area contributed by atoms with Crippen LogP contribution >= 0.6 is 0 Å². The van der Waals surface area contributed by atoms with E-state index in [1.165, 1.54) is 25.7 Å². The Morgan fingerprint density at radius 2 is 2.20 bits per heavy atom. The van der Waals surface area contributed by atoms with Crippen molar-refractivity contribution in [3.63, 3.8) is 0 Å². The van der Waals surface area contributed by atoms with Crippen LogP contribution in [-0.2, 0) is 4.84 Å². The van der Waals surface area contributed by atoms with E-state index >= 15 is 0 Å². The number of nitrogens with one attached hydrogen (secondary N) is 1. The number of hydroxylamine groups is 1. The third-order valence-corrected chi connectivity index (χ3v) is 2.74. The molecule has 1 aromatic heterocycles. The van der Waals surface area contributed by atoms with Gasteiger partial charge >= 0.3 is 0 Å². The fourth-order valence-electron chi connectivity index (χ4n) is 1.80. The predicted molar refractivity (Wildman–Crippen MR) is 56.9 cm³/mol. The van der Waals surface area contributed by atoms with Gasteiger partial charge in [0.05, 0.1) is 24.0 Å². The van der Waals surface area contributed by atoms with E-state index in [1.54, 1.807) is 18.6 Å². The van der Waals surface area contributed by atoms with E-state index in [0.717, 1.165) is 5.69 Å². The highest BCUT2D eigenvalue weighted by atomic mass is 16.7. The smallest absolute Gasteiger partial charge is 0.0790 e. The molecular formula is C11H17N3O. The molecule has 1 N–H and O–H groups in total. The first kappa shape index (κ1) is 10.5. The van der Waals surface area contributed by atoms with Gasteiger partial charge in [-0.15, -0.1) is 0 Å². The molecular weight excluding hydrogens is 190 g/mol. The van der Waals surface area contributed by atoms with Crippen molar-refractivity contribution in [2.24, 2.45) is 0 Å². The number of hydrogen-bond donors (Lipinski definition) is 1. The molecule has 1 saturated carbocycles. The van der Waals surface area contributed by atoms with Crippen molar-refractivity contribution in [3.05, 3.63) is 24.3 Å². The van der Waals surface area contributed by atoms with Gasteiger partial charge in [-0.2, -0.15) is 5.48 Å². The largest absolute Gasteiger partial charge is 0.298 e. The second kappa shape index (κ2) is 5.19. The molecule has 0 saturated heterocycles. The number of aromatic nitrogens is 2. The highest BCUT2D eigenvalue weighted by molar-refractivity contribution is 4.99. The minimum absolute atomic E-state index is 0.0966. The lowest BCUT2D eigenvalue weighted by atomic mass is 10.3. The maximum atomic E-state index is 5.60. The summed E-state index contributed by atoms with van der Waals surface area (Å²) < 4.78 is 0. The summed E-state index contributed by atoms with van der Waals surface area (Å²) in [5.41, 5.74) is 3.95. The monoisotopic (exact) mass is 207 g/mol. The van der Waals surface area contributed by atoms with Crippen LogP contribution in [0.3, 0.4) is 0 Å². The zero-order valence-corrected chi connectivity index (χ0v) is 9.02. The summed E-state index contributed by atoms with van der Waals surface area (Å²) in [5, 5.41) is 0.